The van der Waals surface area contributed by atoms with Crippen LogP contribution in [0, 0.1) is 11.7 Å². The smallest absolute Gasteiger partial charge is 0.324 e. The molecule has 0 aliphatic rings. The number of benzene rings is 2. The van der Waals surface area contributed by atoms with Crippen LogP contribution in [0.3, 0.4) is 0 Å². The molecular formula is C22H24FN3O7S. The van der Waals surface area contributed by atoms with Crippen molar-refractivity contribution >= 4 is 16.0 Å². The highest BCUT2D eigenvalue weighted by molar-refractivity contribution is 7.89. The van der Waals surface area contributed by atoms with Crippen molar-refractivity contribution in [2.75, 3.05) is 14.2 Å². The molecule has 0 amide bonds. The molecule has 0 radical (unpaired) electrons. The van der Waals surface area contributed by atoms with Crippen LogP contribution < -0.4 is 14.2 Å². The van der Waals surface area contributed by atoms with Gasteiger partial charge in [-0.2, -0.15) is 9.71 Å². The molecule has 0 bridgehead atoms. The maximum atomic E-state index is 14.0. The first kappa shape index (κ1) is 25.1. The SMILES string of the molecule is COc1ccc(-c2noc(COC(=O)C(NS(=O)(=O)c3ccccc3F)C(C)C)n2)cc1OC. The van der Waals surface area contributed by atoms with E-state index in [-0.39, 0.29) is 18.3 Å². The molecule has 0 spiro atoms. The van der Waals surface area contributed by atoms with Gasteiger partial charge in [-0.25, -0.2) is 12.8 Å². The predicted molar refractivity (Wildman–Crippen MR) is 118 cm³/mol. The maximum Gasteiger partial charge on any atom is 0.324 e. The van der Waals surface area contributed by atoms with E-state index in [0.717, 1.165) is 12.1 Å². The van der Waals surface area contributed by atoms with Crippen molar-refractivity contribution in [3.63, 3.8) is 0 Å². The summed E-state index contributed by atoms with van der Waals surface area (Å²) in [4.78, 5) is 16.2. The van der Waals surface area contributed by atoms with Crippen LogP contribution in [0.2, 0.25) is 0 Å². The molecular weight excluding hydrogens is 469 g/mol. The number of rotatable bonds is 10. The number of esters is 1. The van der Waals surface area contributed by atoms with E-state index in [1.165, 1.54) is 26.4 Å². The first-order valence-corrected chi connectivity index (χ1v) is 11.6. The molecule has 1 heterocycles. The highest BCUT2D eigenvalue weighted by Gasteiger charge is 2.31. The van der Waals surface area contributed by atoms with Crippen molar-refractivity contribution in [2.24, 2.45) is 5.92 Å². The fourth-order valence-corrected chi connectivity index (χ4v) is 4.39. The lowest BCUT2D eigenvalue weighted by molar-refractivity contribution is -0.148. The van der Waals surface area contributed by atoms with Crippen molar-refractivity contribution in [3.05, 3.63) is 54.2 Å². The second-order valence-electron chi connectivity index (χ2n) is 7.46. The number of sulfonamides is 1. The molecule has 12 heteroatoms. The first-order chi connectivity index (χ1) is 16.2. The number of nitrogens with one attached hydrogen (secondary N) is 1. The van der Waals surface area contributed by atoms with Gasteiger partial charge in [-0.15, -0.1) is 0 Å². The predicted octanol–water partition coefficient (Wildman–Crippen LogP) is 2.94. The van der Waals surface area contributed by atoms with Gasteiger partial charge in [-0.1, -0.05) is 31.1 Å². The quantitative estimate of drug-likeness (QED) is 0.424. The molecule has 34 heavy (non-hydrogen) atoms. The van der Waals surface area contributed by atoms with Gasteiger partial charge in [0.1, 0.15) is 16.8 Å². The number of carbonyl (C=O) groups is 1. The minimum Gasteiger partial charge on any atom is -0.493 e. The number of ether oxygens (including phenoxy) is 3. The molecule has 2 aromatic carbocycles. The third kappa shape index (κ3) is 5.69. The zero-order valence-corrected chi connectivity index (χ0v) is 19.8. The highest BCUT2D eigenvalue weighted by Crippen LogP contribution is 2.31. The Hall–Kier alpha value is -3.51. The van der Waals surface area contributed by atoms with Gasteiger partial charge in [-0.3, -0.25) is 4.79 Å². The number of methoxy groups -OCH3 is 2. The van der Waals surface area contributed by atoms with Crippen LogP contribution >= 0.6 is 0 Å². The second kappa shape index (κ2) is 10.6. The van der Waals surface area contributed by atoms with E-state index in [9.17, 15) is 17.6 Å². The summed E-state index contributed by atoms with van der Waals surface area (Å²) in [6.45, 7) is 2.86. The Morgan fingerprint density at radius 1 is 1.12 bits per heavy atom. The van der Waals surface area contributed by atoms with E-state index < -0.39 is 38.7 Å². The number of halogens is 1. The third-order valence-electron chi connectivity index (χ3n) is 4.78. The van der Waals surface area contributed by atoms with E-state index in [1.54, 1.807) is 32.0 Å². The lowest BCUT2D eigenvalue weighted by atomic mass is 10.1. The second-order valence-corrected chi connectivity index (χ2v) is 9.14. The van der Waals surface area contributed by atoms with E-state index in [0.29, 0.717) is 17.1 Å². The lowest BCUT2D eigenvalue weighted by Gasteiger charge is -2.20. The Balaban J connectivity index is 1.69. The van der Waals surface area contributed by atoms with Crippen molar-refractivity contribution in [1.82, 2.24) is 14.9 Å². The van der Waals surface area contributed by atoms with Gasteiger partial charge in [-0.05, 0) is 36.2 Å². The summed E-state index contributed by atoms with van der Waals surface area (Å²) in [7, 11) is -1.30. The molecule has 0 saturated carbocycles. The number of hydrogen-bond donors (Lipinski definition) is 1. The van der Waals surface area contributed by atoms with Crippen LogP contribution in [0.5, 0.6) is 11.5 Å². The number of carbonyl (C=O) groups excluding carboxylic acids is 1. The van der Waals surface area contributed by atoms with Gasteiger partial charge in [0, 0.05) is 5.56 Å². The molecule has 3 rings (SSSR count). The minimum absolute atomic E-state index is 0.00222. The fraction of sp³-hybridized carbons (Fsp3) is 0.318. The molecule has 0 saturated heterocycles. The zero-order chi connectivity index (χ0) is 24.9. The molecule has 1 N–H and O–H groups in total. The summed E-state index contributed by atoms with van der Waals surface area (Å²) in [5.74, 6) is -1.06. The summed E-state index contributed by atoms with van der Waals surface area (Å²) in [5.41, 5.74) is 0.580. The standard InChI is InChI=1S/C22H24FN3O7S/c1-13(2)20(26-34(28,29)18-8-6-5-7-15(18)23)22(27)32-12-19-24-21(25-33-19)14-9-10-16(30-3)17(11-14)31-4/h5-11,13,20,26H,12H2,1-4H3. The van der Waals surface area contributed by atoms with Crippen LogP contribution in [-0.4, -0.2) is 44.8 Å². The average molecular weight is 494 g/mol. The van der Waals surface area contributed by atoms with Crippen LogP contribution in [0.15, 0.2) is 51.9 Å². The van der Waals surface area contributed by atoms with E-state index in [2.05, 4.69) is 14.9 Å². The largest absolute Gasteiger partial charge is 0.493 e. The van der Waals surface area contributed by atoms with Gasteiger partial charge in [0.2, 0.25) is 15.8 Å². The number of nitrogens with zero attached hydrogens (tertiary/aromatic N) is 2. The Morgan fingerprint density at radius 3 is 2.47 bits per heavy atom. The minimum atomic E-state index is -4.31. The first-order valence-electron chi connectivity index (χ1n) is 10.1. The van der Waals surface area contributed by atoms with E-state index in [1.807, 2.05) is 0 Å². The number of aromatic nitrogens is 2. The highest BCUT2D eigenvalue weighted by atomic mass is 32.2. The summed E-state index contributed by atoms with van der Waals surface area (Å²) in [5, 5.41) is 3.86. The van der Waals surface area contributed by atoms with Gasteiger partial charge < -0.3 is 18.7 Å². The fourth-order valence-electron chi connectivity index (χ4n) is 2.98. The summed E-state index contributed by atoms with van der Waals surface area (Å²) in [6.07, 6.45) is 0. The van der Waals surface area contributed by atoms with Gasteiger partial charge in [0.15, 0.2) is 18.1 Å². The monoisotopic (exact) mass is 493 g/mol. The molecule has 3 aromatic rings. The van der Waals surface area contributed by atoms with Crippen molar-refractivity contribution in [3.8, 4) is 22.9 Å². The zero-order valence-electron chi connectivity index (χ0n) is 18.9. The molecule has 0 aliphatic carbocycles. The van der Waals surface area contributed by atoms with Gasteiger partial charge in [0.25, 0.3) is 5.89 Å². The van der Waals surface area contributed by atoms with E-state index in [4.69, 9.17) is 18.7 Å². The molecule has 10 nitrogen and oxygen atoms in total. The molecule has 0 fully saturated rings. The Labute approximate surface area is 196 Å². The Morgan fingerprint density at radius 2 is 1.82 bits per heavy atom. The van der Waals surface area contributed by atoms with Crippen molar-refractivity contribution < 1.29 is 36.3 Å². The average Bonchev–Trinajstić information content (AvgIpc) is 3.29. The Kier molecular flexibility index (Phi) is 7.84. The topological polar surface area (TPSA) is 130 Å². The molecule has 1 aromatic heterocycles. The van der Waals surface area contributed by atoms with Crippen LogP contribution in [-0.2, 0) is 26.2 Å². The molecule has 1 unspecified atom stereocenters. The van der Waals surface area contributed by atoms with Gasteiger partial charge >= 0.3 is 5.97 Å². The molecule has 0 aliphatic heterocycles. The normalized spacial score (nSPS) is 12.4. The molecule has 182 valence electrons. The molecule has 1 atom stereocenters. The third-order valence-corrected chi connectivity index (χ3v) is 6.25. The maximum absolute atomic E-state index is 14.0. The van der Waals surface area contributed by atoms with Crippen LogP contribution in [0.4, 0.5) is 4.39 Å². The lowest BCUT2D eigenvalue weighted by Crippen LogP contribution is -2.45. The van der Waals surface area contributed by atoms with Crippen LogP contribution in [0.1, 0.15) is 19.7 Å². The summed E-state index contributed by atoms with van der Waals surface area (Å²) < 4.78 is 62.1. The van der Waals surface area contributed by atoms with E-state index >= 15 is 0 Å². The van der Waals surface area contributed by atoms with Crippen molar-refractivity contribution in [1.29, 1.82) is 0 Å². The van der Waals surface area contributed by atoms with Crippen molar-refractivity contribution in [2.45, 2.75) is 31.4 Å². The van der Waals surface area contributed by atoms with Gasteiger partial charge in [0.05, 0.1) is 14.2 Å². The Bertz CT molecular complexity index is 1260. The summed E-state index contributed by atoms with van der Waals surface area (Å²) in [6, 6.07) is 8.64. The van der Waals surface area contributed by atoms with Crippen LogP contribution in [0.25, 0.3) is 11.4 Å². The number of hydrogen-bond acceptors (Lipinski definition) is 9. The summed E-state index contributed by atoms with van der Waals surface area (Å²) >= 11 is 0.